The summed E-state index contributed by atoms with van der Waals surface area (Å²) >= 11 is 0. The summed E-state index contributed by atoms with van der Waals surface area (Å²) in [6.07, 6.45) is 12.5. The summed E-state index contributed by atoms with van der Waals surface area (Å²) in [7, 11) is 1.56. The van der Waals surface area contributed by atoms with Crippen molar-refractivity contribution in [3.63, 3.8) is 0 Å². The maximum Gasteiger partial charge on any atom is 0.208 e. The van der Waals surface area contributed by atoms with Crippen LogP contribution in [0.3, 0.4) is 0 Å². The van der Waals surface area contributed by atoms with E-state index < -0.39 is 11.8 Å². The molecule has 0 fully saturated rings. The van der Waals surface area contributed by atoms with Crippen LogP contribution in [0.2, 0.25) is 0 Å². The Morgan fingerprint density at radius 3 is 2.67 bits per heavy atom. The molecule has 3 N–H and O–H groups in total. The number of fused-ring (bicyclic) bond motifs is 6. The number of allylic oxidation sites excluding steroid dienone is 4. The number of nitrogens with zero attached hydrogens (tertiary/aromatic N) is 2. The first-order chi connectivity index (χ1) is 13.1. The van der Waals surface area contributed by atoms with Gasteiger partial charge in [0, 0.05) is 29.2 Å². The number of hydrogen-bond donors (Lipinski definition) is 3. The van der Waals surface area contributed by atoms with Crippen LogP contribution in [0.25, 0.3) is 12.2 Å². The summed E-state index contributed by atoms with van der Waals surface area (Å²) in [6, 6.07) is 7.88. The SMILES string of the molecule is COC1c2ccc([nH]2)C=c2ccc([nH]2)=CC2=NC(=CC3=NC1(O)C=C3)C=C2. The molecule has 6 heteroatoms. The molecule has 27 heavy (non-hydrogen) atoms. The standard InChI is InChI=1S/C21H18N4O2/c1-27-20-19-7-6-17(24-19)11-15-3-2-13(22-15)10-14-4-5-16(23-14)12-18-8-9-21(20,26)25-18/h2-12,20,22,24,26H,1H3. The van der Waals surface area contributed by atoms with Crippen molar-refractivity contribution in [3.8, 4) is 0 Å². The summed E-state index contributed by atoms with van der Waals surface area (Å²) in [4.78, 5) is 15.7. The van der Waals surface area contributed by atoms with E-state index >= 15 is 0 Å². The van der Waals surface area contributed by atoms with Crippen molar-refractivity contribution in [1.82, 2.24) is 9.97 Å². The van der Waals surface area contributed by atoms with Crippen LogP contribution in [0.1, 0.15) is 17.5 Å². The van der Waals surface area contributed by atoms with Crippen LogP contribution in [-0.4, -0.2) is 39.3 Å². The van der Waals surface area contributed by atoms with Crippen molar-refractivity contribution < 1.29 is 9.84 Å². The van der Waals surface area contributed by atoms with Crippen LogP contribution in [0, 0.1) is 0 Å². The lowest BCUT2D eigenvalue weighted by Crippen LogP contribution is -2.32. The molecule has 0 aromatic carbocycles. The molecule has 3 aliphatic heterocycles. The number of aliphatic hydroxyl groups is 1. The zero-order chi connectivity index (χ0) is 18.4. The molecule has 3 aliphatic rings. The molecule has 0 aliphatic carbocycles. The van der Waals surface area contributed by atoms with E-state index in [4.69, 9.17) is 4.74 Å². The molecular weight excluding hydrogens is 340 g/mol. The topological polar surface area (TPSA) is 85.8 Å². The predicted octanol–water partition coefficient (Wildman–Crippen LogP) is 1.25. The van der Waals surface area contributed by atoms with Gasteiger partial charge < -0.3 is 19.8 Å². The summed E-state index contributed by atoms with van der Waals surface area (Å²) in [5.41, 5.74) is 2.48. The molecule has 6 nitrogen and oxygen atoms in total. The number of aromatic amines is 2. The van der Waals surface area contributed by atoms with E-state index in [-0.39, 0.29) is 0 Å². The lowest BCUT2D eigenvalue weighted by atomic mass is 10.1. The zero-order valence-electron chi connectivity index (χ0n) is 14.7. The minimum absolute atomic E-state index is 0.648. The highest BCUT2D eigenvalue weighted by Gasteiger charge is 2.39. The van der Waals surface area contributed by atoms with Crippen LogP contribution < -0.4 is 10.7 Å². The Labute approximate surface area is 155 Å². The van der Waals surface area contributed by atoms with E-state index in [2.05, 4.69) is 20.0 Å². The molecule has 0 radical (unpaired) electrons. The summed E-state index contributed by atoms with van der Waals surface area (Å²) in [5.74, 6) is 0. The molecule has 2 aromatic heterocycles. The Morgan fingerprint density at radius 1 is 0.963 bits per heavy atom. The van der Waals surface area contributed by atoms with Crippen LogP contribution in [0.15, 0.2) is 70.3 Å². The lowest BCUT2D eigenvalue weighted by molar-refractivity contribution is -0.0592. The lowest BCUT2D eigenvalue weighted by Gasteiger charge is -2.26. The first-order valence-electron chi connectivity index (χ1n) is 8.71. The van der Waals surface area contributed by atoms with Gasteiger partial charge in [0.15, 0.2) is 0 Å². The highest BCUT2D eigenvalue weighted by Crippen LogP contribution is 2.34. The van der Waals surface area contributed by atoms with E-state index in [0.29, 0.717) is 5.71 Å². The Bertz CT molecular complexity index is 1190. The molecule has 5 rings (SSSR count). The summed E-state index contributed by atoms with van der Waals surface area (Å²) < 4.78 is 5.59. The second-order valence-corrected chi connectivity index (χ2v) is 6.73. The first kappa shape index (κ1) is 16.0. The van der Waals surface area contributed by atoms with Crippen molar-refractivity contribution in [3.05, 3.63) is 82.4 Å². The minimum Gasteiger partial charge on any atom is -0.370 e. The zero-order valence-corrected chi connectivity index (χ0v) is 14.7. The molecular formula is C21H18N4O2. The highest BCUT2D eigenvalue weighted by atomic mass is 16.5. The summed E-state index contributed by atoms with van der Waals surface area (Å²) in [6.45, 7) is 0. The third-order valence-corrected chi connectivity index (χ3v) is 4.77. The molecule has 5 heterocycles. The molecule has 0 spiro atoms. The average molecular weight is 358 g/mol. The van der Waals surface area contributed by atoms with Crippen LogP contribution in [-0.2, 0) is 4.74 Å². The maximum atomic E-state index is 11.1. The van der Waals surface area contributed by atoms with Gasteiger partial charge in [0.1, 0.15) is 6.10 Å². The number of ether oxygens (including phenoxy) is 1. The van der Waals surface area contributed by atoms with Gasteiger partial charge in [-0.2, -0.15) is 0 Å². The Balaban J connectivity index is 1.71. The molecule has 8 bridgehead atoms. The number of hydrogen-bond acceptors (Lipinski definition) is 4. The molecule has 134 valence electrons. The number of aromatic nitrogens is 2. The summed E-state index contributed by atoms with van der Waals surface area (Å²) in [5, 5.41) is 13.0. The Hall–Kier alpha value is -3.22. The third kappa shape index (κ3) is 2.85. The second-order valence-electron chi connectivity index (χ2n) is 6.73. The van der Waals surface area contributed by atoms with E-state index in [1.807, 2.05) is 54.6 Å². The minimum atomic E-state index is -1.47. The van der Waals surface area contributed by atoms with Gasteiger partial charge >= 0.3 is 0 Å². The van der Waals surface area contributed by atoms with Gasteiger partial charge in [-0.25, -0.2) is 9.98 Å². The predicted molar refractivity (Wildman–Crippen MR) is 105 cm³/mol. The van der Waals surface area contributed by atoms with Crippen molar-refractivity contribution >= 4 is 23.6 Å². The van der Waals surface area contributed by atoms with Crippen LogP contribution >= 0.6 is 0 Å². The first-order valence-corrected chi connectivity index (χ1v) is 8.71. The number of aliphatic imine (C=N–C) groups is 2. The Morgan fingerprint density at radius 2 is 1.81 bits per heavy atom. The number of H-pyrrole nitrogens is 2. The normalized spacial score (nSPS) is 25.6. The van der Waals surface area contributed by atoms with Crippen molar-refractivity contribution in [1.29, 1.82) is 0 Å². The largest absolute Gasteiger partial charge is 0.370 e. The van der Waals surface area contributed by atoms with Crippen molar-refractivity contribution in [2.75, 3.05) is 7.11 Å². The fourth-order valence-electron chi connectivity index (χ4n) is 3.54. The van der Waals surface area contributed by atoms with E-state index in [0.717, 1.165) is 33.5 Å². The molecule has 2 aromatic rings. The molecule has 0 saturated carbocycles. The van der Waals surface area contributed by atoms with Crippen molar-refractivity contribution in [2.45, 2.75) is 11.8 Å². The Kier molecular flexibility index (Phi) is 3.50. The molecule has 2 atom stereocenters. The van der Waals surface area contributed by atoms with Gasteiger partial charge in [-0.3, -0.25) is 0 Å². The van der Waals surface area contributed by atoms with Gasteiger partial charge in [0.2, 0.25) is 5.72 Å². The fraction of sp³-hybridized carbons (Fsp3) is 0.143. The second kappa shape index (κ2) is 5.90. The van der Waals surface area contributed by atoms with E-state index in [9.17, 15) is 5.11 Å². The molecule has 0 amide bonds. The van der Waals surface area contributed by atoms with E-state index in [1.165, 1.54) is 0 Å². The third-order valence-electron chi connectivity index (χ3n) is 4.77. The van der Waals surface area contributed by atoms with Gasteiger partial charge in [0.25, 0.3) is 0 Å². The van der Waals surface area contributed by atoms with Crippen LogP contribution in [0.4, 0.5) is 0 Å². The number of nitrogens with one attached hydrogen (secondary N) is 2. The number of methoxy groups -OCH3 is 1. The maximum absolute atomic E-state index is 11.1. The molecule has 2 unspecified atom stereocenters. The quantitative estimate of drug-likeness (QED) is 0.717. The fourth-order valence-corrected chi connectivity index (χ4v) is 3.54. The highest BCUT2D eigenvalue weighted by molar-refractivity contribution is 6.19. The smallest absolute Gasteiger partial charge is 0.208 e. The molecule has 0 saturated heterocycles. The van der Waals surface area contributed by atoms with Gasteiger partial charge in [-0.1, -0.05) is 0 Å². The van der Waals surface area contributed by atoms with Crippen LogP contribution in [0.5, 0.6) is 0 Å². The van der Waals surface area contributed by atoms with E-state index in [1.54, 1.807) is 19.3 Å². The van der Waals surface area contributed by atoms with Gasteiger partial charge in [0.05, 0.1) is 17.1 Å². The number of rotatable bonds is 1. The van der Waals surface area contributed by atoms with Gasteiger partial charge in [-0.05, 0) is 66.8 Å². The monoisotopic (exact) mass is 358 g/mol. The van der Waals surface area contributed by atoms with Gasteiger partial charge in [-0.15, -0.1) is 0 Å². The average Bonchev–Trinajstić information content (AvgIpc) is 3.40. The van der Waals surface area contributed by atoms with Crippen molar-refractivity contribution in [2.24, 2.45) is 9.98 Å².